The van der Waals surface area contributed by atoms with Crippen LogP contribution in [0.3, 0.4) is 0 Å². The van der Waals surface area contributed by atoms with Crippen LogP contribution in [0.2, 0.25) is 0 Å². The number of hydrogen-bond donors (Lipinski definition) is 1. The molecule has 3 fully saturated rings. The molecule has 0 bridgehead atoms. The van der Waals surface area contributed by atoms with E-state index in [1.165, 1.54) is 18.1 Å². The molecule has 4 aromatic carbocycles. The summed E-state index contributed by atoms with van der Waals surface area (Å²) < 4.78 is 11.7. The van der Waals surface area contributed by atoms with Gasteiger partial charge in [0.15, 0.2) is 23.1 Å². The number of carbonyl (C=O) groups excluding carboxylic acids is 4. The van der Waals surface area contributed by atoms with Crippen molar-refractivity contribution in [1.29, 1.82) is 0 Å². The predicted molar refractivity (Wildman–Crippen MR) is 216 cm³/mol. The van der Waals surface area contributed by atoms with E-state index in [1.807, 2.05) is 97.1 Å². The number of phenolic OH excluding ortho intramolecular Hbond substituents is 1. The highest BCUT2D eigenvalue weighted by Crippen LogP contribution is 2.64. The average molecular weight is 847 g/mol. The smallest absolute Gasteiger partial charge is 0.238 e. The predicted octanol–water partition coefficient (Wildman–Crippen LogP) is 6.87. The maximum Gasteiger partial charge on any atom is 0.238 e. The van der Waals surface area contributed by atoms with Crippen molar-refractivity contribution >= 4 is 62.9 Å². The van der Waals surface area contributed by atoms with Gasteiger partial charge in [0, 0.05) is 36.2 Å². The van der Waals surface area contributed by atoms with E-state index >= 15 is 9.59 Å². The number of Topliss-reactive ketones (excluding diaryl/α,β-unsaturated/α-hetero) is 1. The highest BCUT2D eigenvalue weighted by molar-refractivity contribution is 14.1. The Labute approximate surface area is 332 Å². The third-order valence-corrected chi connectivity index (χ3v) is 13.3. The topological polar surface area (TPSA) is 113 Å². The Morgan fingerprint density at radius 1 is 0.836 bits per heavy atom. The number of rotatable bonds is 6. The van der Waals surface area contributed by atoms with Crippen molar-refractivity contribution in [1.82, 2.24) is 0 Å². The standard InChI is InChI=1S/C45H39IN2O7/c1-54-37-23-27(22-36(46)42(37)51)40-31-16-17-32-39(44(53)48(43(32)52)30-14-12-29(13-15-30)47-18-20-55-21-19-47)34(31)24-35-41(50)33(26-8-4-2-5-9-26)25-38(49)45(35,40)28-10-6-3-7-11-28/h2-16,22-23,25,32,34-35,39-40,51H,17-21,24H2,1H3/t32-,34+,35-,39-,40-,45-/m0/s1. The van der Waals surface area contributed by atoms with E-state index in [2.05, 4.69) is 27.5 Å². The number of aromatic hydroxyl groups is 1. The van der Waals surface area contributed by atoms with Crippen LogP contribution in [0.1, 0.15) is 35.4 Å². The van der Waals surface area contributed by atoms with Crippen LogP contribution in [0.25, 0.3) is 5.57 Å². The van der Waals surface area contributed by atoms with E-state index in [0.29, 0.717) is 51.2 Å². The lowest BCUT2D eigenvalue weighted by Gasteiger charge is -2.55. The van der Waals surface area contributed by atoms with Gasteiger partial charge in [0.1, 0.15) is 0 Å². The Bertz CT molecular complexity index is 2280. The molecule has 2 amide bonds. The molecule has 1 N–H and O–H groups in total. The van der Waals surface area contributed by atoms with Crippen LogP contribution in [-0.2, 0) is 29.3 Å². The average Bonchev–Trinajstić information content (AvgIpc) is 3.49. The van der Waals surface area contributed by atoms with E-state index < -0.39 is 35.0 Å². The van der Waals surface area contributed by atoms with Crippen molar-refractivity contribution in [3.63, 3.8) is 0 Å². The molecule has 9 rings (SSSR count). The third-order valence-electron chi connectivity index (χ3n) is 12.5. The third kappa shape index (κ3) is 5.50. The van der Waals surface area contributed by atoms with Gasteiger partial charge in [-0.05, 0) is 101 Å². The summed E-state index contributed by atoms with van der Waals surface area (Å²) in [7, 11) is 1.48. The molecule has 5 aliphatic rings. The lowest BCUT2D eigenvalue weighted by molar-refractivity contribution is -0.135. The largest absolute Gasteiger partial charge is 0.504 e. The molecular weight excluding hydrogens is 807 g/mol. The summed E-state index contributed by atoms with van der Waals surface area (Å²) in [6.07, 6.45) is 4.08. The van der Waals surface area contributed by atoms with E-state index in [4.69, 9.17) is 9.47 Å². The number of phenols is 1. The Hall–Kier alpha value is -5.07. The number of imide groups is 1. The number of hydrogen-bond acceptors (Lipinski definition) is 8. The van der Waals surface area contributed by atoms with Gasteiger partial charge < -0.3 is 19.5 Å². The van der Waals surface area contributed by atoms with Gasteiger partial charge in [-0.25, -0.2) is 0 Å². The van der Waals surface area contributed by atoms with E-state index in [9.17, 15) is 14.7 Å². The summed E-state index contributed by atoms with van der Waals surface area (Å²) in [5, 5.41) is 11.0. The SMILES string of the molecule is COc1cc([C@H]2C3=CC[C@@H]4C(=O)N(c5ccc(N6CCOCC6)cc5)C(=O)[C@@H]4[C@@H]3C[C@H]3C(=O)C(c4ccccc4)=CC(=O)[C@@]23c2ccccc2)cc(I)c1O. The van der Waals surface area contributed by atoms with Crippen LogP contribution < -0.4 is 14.5 Å². The van der Waals surface area contributed by atoms with Gasteiger partial charge in [0.2, 0.25) is 11.8 Å². The fourth-order valence-corrected chi connectivity index (χ4v) is 10.7. The second kappa shape index (κ2) is 13.9. The minimum atomic E-state index is -1.38. The molecule has 0 spiro atoms. The highest BCUT2D eigenvalue weighted by atomic mass is 127. The lowest BCUT2D eigenvalue weighted by atomic mass is 9.44. The maximum absolute atomic E-state index is 15.3. The molecule has 2 aliphatic heterocycles. The Morgan fingerprint density at radius 2 is 1.51 bits per heavy atom. The Morgan fingerprint density at radius 3 is 2.20 bits per heavy atom. The van der Waals surface area contributed by atoms with Crippen molar-refractivity contribution in [2.24, 2.45) is 23.7 Å². The van der Waals surface area contributed by atoms with Gasteiger partial charge in [0.25, 0.3) is 0 Å². The van der Waals surface area contributed by atoms with Gasteiger partial charge in [0.05, 0.1) is 46.8 Å². The molecule has 2 saturated heterocycles. The van der Waals surface area contributed by atoms with Crippen LogP contribution in [-0.4, -0.2) is 61.9 Å². The van der Waals surface area contributed by atoms with E-state index in [1.54, 1.807) is 6.07 Å². The number of nitrogens with zero attached hydrogens (tertiary/aromatic N) is 2. The van der Waals surface area contributed by atoms with Gasteiger partial charge in [-0.1, -0.05) is 72.3 Å². The molecule has 9 nitrogen and oxygen atoms in total. The molecule has 0 unspecified atom stereocenters. The number of carbonyl (C=O) groups is 4. The summed E-state index contributed by atoms with van der Waals surface area (Å²) in [5.74, 6) is -4.12. The molecule has 3 aliphatic carbocycles. The number of ketones is 2. The van der Waals surface area contributed by atoms with Crippen molar-refractivity contribution in [3.05, 3.63) is 135 Å². The first kappa shape index (κ1) is 35.6. The molecule has 2 heterocycles. The number of amides is 2. The molecule has 4 aromatic rings. The quantitative estimate of drug-likeness (QED) is 0.127. The van der Waals surface area contributed by atoms with Gasteiger partial charge in [-0.3, -0.25) is 24.1 Å². The molecule has 6 atom stereocenters. The molecule has 55 heavy (non-hydrogen) atoms. The van der Waals surface area contributed by atoms with Crippen LogP contribution >= 0.6 is 22.6 Å². The number of methoxy groups -OCH3 is 1. The zero-order valence-corrected chi connectivity index (χ0v) is 32.3. The highest BCUT2D eigenvalue weighted by Gasteiger charge is 2.66. The molecule has 0 aromatic heterocycles. The number of fused-ring (bicyclic) bond motifs is 4. The second-order valence-corrected chi connectivity index (χ2v) is 16.1. The number of halogens is 1. The molecule has 10 heteroatoms. The van der Waals surface area contributed by atoms with Crippen LogP contribution in [0.5, 0.6) is 11.5 Å². The number of allylic oxidation sites excluding steroid dienone is 4. The van der Waals surface area contributed by atoms with Crippen LogP contribution in [0.15, 0.2) is 115 Å². The molecule has 0 radical (unpaired) electrons. The first-order valence-electron chi connectivity index (χ1n) is 18.7. The summed E-state index contributed by atoms with van der Waals surface area (Å²) in [6, 6.07) is 29.9. The normalized spacial score (nSPS) is 27.6. The minimum Gasteiger partial charge on any atom is -0.504 e. The number of benzene rings is 4. The van der Waals surface area contributed by atoms with Crippen LogP contribution in [0, 0.1) is 27.2 Å². The first-order chi connectivity index (χ1) is 26.7. The Kier molecular flexibility index (Phi) is 9.00. The summed E-state index contributed by atoms with van der Waals surface area (Å²) in [5.41, 5.74) is 3.38. The lowest BCUT2D eigenvalue weighted by Crippen LogP contribution is -2.58. The molecular formula is C45H39IN2O7. The zero-order valence-electron chi connectivity index (χ0n) is 30.2. The van der Waals surface area contributed by atoms with Gasteiger partial charge >= 0.3 is 0 Å². The van der Waals surface area contributed by atoms with Gasteiger partial charge in [-0.15, -0.1) is 0 Å². The summed E-state index contributed by atoms with van der Waals surface area (Å²) in [6.45, 7) is 2.82. The monoisotopic (exact) mass is 846 g/mol. The minimum absolute atomic E-state index is 0.0219. The fourth-order valence-electron chi connectivity index (χ4n) is 10.1. The number of anilines is 2. The van der Waals surface area contributed by atoms with E-state index in [-0.39, 0.29) is 41.3 Å². The maximum atomic E-state index is 15.3. The second-order valence-electron chi connectivity index (χ2n) is 15.0. The van der Waals surface area contributed by atoms with Crippen molar-refractivity contribution < 1.29 is 33.8 Å². The first-order valence-corrected chi connectivity index (χ1v) is 19.8. The Balaban J connectivity index is 1.21. The van der Waals surface area contributed by atoms with Crippen molar-refractivity contribution in [2.45, 2.75) is 24.2 Å². The van der Waals surface area contributed by atoms with E-state index in [0.717, 1.165) is 24.4 Å². The number of ether oxygens (including phenoxy) is 2. The fraction of sp³-hybridized carbons (Fsp3) is 0.289. The zero-order chi connectivity index (χ0) is 38.0. The van der Waals surface area contributed by atoms with Crippen LogP contribution in [0.4, 0.5) is 11.4 Å². The van der Waals surface area contributed by atoms with Gasteiger partial charge in [-0.2, -0.15) is 0 Å². The summed E-state index contributed by atoms with van der Waals surface area (Å²) >= 11 is 2.06. The van der Waals surface area contributed by atoms with Crippen molar-refractivity contribution in [3.8, 4) is 11.5 Å². The molecule has 278 valence electrons. The molecule has 1 saturated carbocycles. The summed E-state index contributed by atoms with van der Waals surface area (Å²) in [4.78, 5) is 63.2. The van der Waals surface area contributed by atoms with Crippen molar-refractivity contribution in [2.75, 3.05) is 43.2 Å². The number of morpholine rings is 1.